The first-order valence-electron chi connectivity index (χ1n) is 2.19. The van der Waals surface area contributed by atoms with Crippen molar-refractivity contribution in [2.24, 2.45) is 5.73 Å². The topological polar surface area (TPSA) is 46.3 Å². The minimum atomic E-state index is -0.375. The summed E-state index contributed by atoms with van der Waals surface area (Å²) in [6.45, 7) is 0.639. The predicted molar refractivity (Wildman–Crippen MR) is 33.0 cm³/mol. The second-order valence-electron chi connectivity index (χ2n) is 1.38. The molecule has 4 heteroatoms. The summed E-state index contributed by atoms with van der Waals surface area (Å²) >= 11 is 1.33. The summed E-state index contributed by atoms with van der Waals surface area (Å²) in [4.78, 5) is 10.3. The number of carbonyl (C=O) groups excluding carboxylic acids is 1. The fourth-order valence-corrected chi connectivity index (χ4v) is 1.04. The molecule has 1 rings (SSSR count). The van der Waals surface area contributed by atoms with E-state index < -0.39 is 0 Å². The molecule has 0 unspecified atom stereocenters. The zero-order chi connectivity index (χ0) is 5.98. The lowest BCUT2D eigenvalue weighted by molar-refractivity contribution is 0.237. The fourth-order valence-electron chi connectivity index (χ4n) is 0.440. The molecule has 2 amide bonds. The highest BCUT2D eigenvalue weighted by Gasteiger charge is 2.09. The molecule has 0 atom stereocenters. The van der Waals surface area contributed by atoms with E-state index in [-0.39, 0.29) is 6.03 Å². The average Bonchev–Trinajstić information content (AvgIpc) is 2.12. The number of nitrogens with two attached hydrogens (primary N) is 1. The van der Waals surface area contributed by atoms with Gasteiger partial charge in [-0.05, 0) is 17.4 Å². The predicted octanol–water partition coefficient (Wildman–Crippen LogP) is 0.543. The first kappa shape index (κ1) is 5.50. The van der Waals surface area contributed by atoms with Crippen LogP contribution < -0.4 is 5.73 Å². The summed E-state index contributed by atoms with van der Waals surface area (Å²) in [5, 5.41) is 1.84. The molecule has 0 spiro atoms. The molecule has 3 nitrogen and oxygen atoms in total. The van der Waals surface area contributed by atoms with Gasteiger partial charge >= 0.3 is 6.03 Å². The molecule has 0 bridgehead atoms. The molecule has 0 radical (unpaired) electrons. The second-order valence-corrected chi connectivity index (χ2v) is 2.30. The molecule has 44 valence electrons. The number of hydrogen-bond acceptors (Lipinski definition) is 2. The number of rotatable bonds is 0. The standard InChI is InChI=1S/C4H6N2OS/c5-4(7)6-2-1-3-8-6/h1,3H,2H2,(H2,5,7). The van der Waals surface area contributed by atoms with Gasteiger partial charge in [-0.2, -0.15) is 0 Å². The molecule has 0 aromatic heterocycles. The highest BCUT2D eigenvalue weighted by Crippen LogP contribution is 2.16. The second kappa shape index (κ2) is 2.09. The van der Waals surface area contributed by atoms with Gasteiger partial charge < -0.3 is 5.73 Å². The highest BCUT2D eigenvalue weighted by atomic mass is 32.2. The summed E-state index contributed by atoms with van der Waals surface area (Å²) in [5.74, 6) is 0. The van der Waals surface area contributed by atoms with Gasteiger partial charge in [0.2, 0.25) is 0 Å². The normalized spacial score (nSPS) is 17.2. The Hall–Kier alpha value is -0.640. The van der Waals surface area contributed by atoms with Crippen LogP contribution in [0.3, 0.4) is 0 Å². The van der Waals surface area contributed by atoms with Crippen molar-refractivity contribution in [3.63, 3.8) is 0 Å². The molecule has 0 fully saturated rings. The third-order valence-electron chi connectivity index (χ3n) is 0.801. The van der Waals surface area contributed by atoms with Gasteiger partial charge in [-0.25, -0.2) is 4.79 Å². The molecule has 8 heavy (non-hydrogen) atoms. The summed E-state index contributed by atoms with van der Waals surface area (Å²) in [6, 6.07) is -0.375. The largest absolute Gasteiger partial charge is 0.351 e. The molecule has 0 aromatic carbocycles. The molecule has 0 saturated heterocycles. The van der Waals surface area contributed by atoms with E-state index in [1.807, 2.05) is 11.5 Å². The molecular weight excluding hydrogens is 124 g/mol. The van der Waals surface area contributed by atoms with E-state index >= 15 is 0 Å². The van der Waals surface area contributed by atoms with E-state index in [4.69, 9.17) is 5.73 Å². The van der Waals surface area contributed by atoms with Gasteiger partial charge in [0.15, 0.2) is 0 Å². The Morgan fingerprint density at radius 1 is 1.88 bits per heavy atom. The minimum Gasteiger partial charge on any atom is -0.351 e. The van der Waals surface area contributed by atoms with E-state index in [0.717, 1.165) is 0 Å². The molecule has 0 aliphatic carbocycles. The number of primary amides is 1. The number of nitrogens with zero attached hydrogens (tertiary/aromatic N) is 1. The van der Waals surface area contributed by atoms with Crippen LogP contribution in [0.1, 0.15) is 0 Å². The van der Waals surface area contributed by atoms with Crippen LogP contribution in [0.2, 0.25) is 0 Å². The number of amides is 2. The monoisotopic (exact) mass is 130 g/mol. The van der Waals surface area contributed by atoms with Crippen LogP contribution in [0, 0.1) is 0 Å². The molecule has 0 saturated carbocycles. The summed E-state index contributed by atoms with van der Waals surface area (Å²) in [5.41, 5.74) is 4.92. The van der Waals surface area contributed by atoms with Crippen LogP contribution in [0.15, 0.2) is 11.5 Å². The van der Waals surface area contributed by atoms with Crippen molar-refractivity contribution in [2.45, 2.75) is 0 Å². The third kappa shape index (κ3) is 0.949. The molecule has 1 aliphatic heterocycles. The Labute approximate surface area is 51.7 Å². The van der Waals surface area contributed by atoms with Crippen LogP contribution >= 0.6 is 11.9 Å². The zero-order valence-electron chi connectivity index (χ0n) is 4.20. The Kier molecular flexibility index (Phi) is 1.43. The molecule has 1 aliphatic rings. The lowest BCUT2D eigenvalue weighted by Crippen LogP contribution is -2.27. The Bertz CT molecular complexity index is 126. The maximum atomic E-state index is 10.3. The van der Waals surface area contributed by atoms with Crippen LogP contribution in [0.25, 0.3) is 0 Å². The SMILES string of the molecule is NC(=O)N1CC=CS1. The van der Waals surface area contributed by atoms with E-state index in [1.54, 1.807) is 0 Å². The molecular formula is C4H6N2OS. The van der Waals surface area contributed by atoms with Gasteiger partial charge in [0, 0.05) is 0 Å². The van der Waals surface area contributed by atoms with Gasteiger partial charge in [0.05, 0.1) is 6.54 Å². The maximum Gasteiger partial charge on any atom is 0.325 e. The lowest BCUT2D eigenvalue weighted by Gasteiger charge is -2.07. The van der Waals surface area contributed by atoms with E-state index in [2.05, 4.69) is 0 Å². The Balaban J connectivity index is 2.41. The zero-order valence-corrected chi connectivity index (χ0v) is 5.02. The van der Waals surface area contributed by atoms with E-state index in [0.29, 0.717) is 6.54 Å². The maximum absolute atomic E-state index is 10.3. The average molecular weight is 130 g/mol. The first-order valence-corrected chi connectivity index (χ1v) is 3.03. The van der Waals surface area contributed by atoms with Crippen molar-refractivity contribution in [2.75, 3.05) is 6.54 Å². The number of urea groups is 1. The number of carbonyl (C=O) groups is 1. The molecule has 2 N–H and O–H groups in total. The molecule has 0 aromatic rings. The van der Waals surface area contributed by atoms with Crippen molar-refractivity contribution < 1.29 is 4.79 Å². The Morgan fingerprint density at radius 2 is 2.62 bits per heavy atom. The van der Waals surface area contributed by atoms with E-state index in [1.165, 1.54) is 16.3 Å². The van der Waals surface area contributed by atoms with Crippen molar-refractivity contribution >= 4 is 18.0 Å². The van der Waals surface area contributed by atoms with Crippen molar-refractivity contribution in [3.8, 4) is 0 Å². The van der Waals surface area contributed by atoms with Crippen molar-refractivity contribution in [1.29, 1.82) is 0 Å². The molecule has 1 heterocycles. The lowest BCUT2D eigenvalue weighted by atomic mass is 10.6. The van der Waals surface area contributed by atoms with Crippen LogP contribution in [0.4, 0.5) is 4.79 Å². The summed E-state index contributed by atoms with van der Waals surface area (Å²) in [6.07, 6.45) is 1.88. The fraction of sp³-hybridized carbons (Fsp3) is 0.250. The van der Waals surface area contributed by atoms with Gasteiger partial charge in [0.25, 0.3) is 0 Å². The number of hydrogen-bond donors (Lipinski definition) is 1. The third-order valence-corrected chi connectivity index (χ3v) is 1.70. The first-order chi connectivity index (χ1) is 3.80. The minimum absolute atomic E-state index is 0.375. The summed E-state index contributed by atoms with van der Waals surface area (Å²) in [7, 11) is 0. The highest BCUT2D eigenvalue weighted by molar-refractivity contribution is 8.00. The van der Waals surface area contributed by atoms with Crippen LogP contribution in [-0.4, -0.2) is 16.9 Å². The van der Waals surface area contributed by atoms with Gasteiger partial charge in [0.1, 0.15) is 0 Å². The summed E-state index contributed by atoms with van der Waals surface area (Å²) < 4.78 is 1.47. The van der Waals surface area contributed by atoms with Gasteiger partial charge in [-0.15, -0.1) is 0 Å². The van der Waals surface area contributed by atoms with Crippen molar-refractivity contribution in [3.05, 3.63) is 11.5 Å². The smallest absolute Gasteiger partial charge is 0.325 e. The Morgan fingerprint density at radius 3 is 2.88 bits per heavy atom. The quantitative estimate of drug-likeness (QED) is 0.486. The van der Waals surface area contributed by atoms with Gasteiger partial charge in [-0.1, -0.05) is 6.08 Å². The van der Waals surface area contributed by atoms with E-state index in [9.17, 15) is 4.79 Å². The van der Waals surface area contributed by atoms with Crippen LogP contribution in [0.5, 0.6) is 0 Å². The van der Waals surface area contributed by atoms with Crippen LogP contribution in [-0.2, 0) is 0 Å². The van der Waals surface area contributed by atoms with Crippen molar-refractivity contribution in [1.82, 2.24) is 4.31 Å². The van der Waals surface area contributed by atoms with Gasteiger partial charge in [-0.3, -0.25) is 4.31 Å².